The lowest BCUT2D eigenvalue weighted by atomic mass is 10.2. The third kappa shape index (κ3) is 4.71. The van der Waals surface area contributed by atoms with Gasteiger partial charge in [-0.15, -0.1) is 0 Å². The fourth-order valence-corrected chi connectivity index (χ4v) is 5.06. The first-order valence-corrected chi connectivity index (χ1v) is 11.3. The van der Waals surface area contributed by atoms with Gasteiger partial charge in [0.25, 0.3) is 0 Å². The van der Waals surface area contributed by atoms with Crippen LogP contribution in [0.3, 0.4) is 0 Å². The molecule has 1 fully saturated rings. The largest absolute Gasteiger partial charge is 0.356 e. The number of nitrogens with zero attached hydrogens (tertiary/aromatic N) is 2. The van der Waals surface area contributed by atoms with Gasteiger partial charge >= 0.3 is 0 Å². The fourth-order valence-electron chi connectivity index (χ4n) is 3.50. The summed E-state index contributed by atoms with van der Waals surface area (Å²) < 4.78 is 29.3. The van der Waals surface area contributed by atoms with Crippen molar-refractivity contribution in [2.24, 2.45) is 0 Å². The number of sulfonamides is 1. The molecule has 1 N–H and O–H groups in total. The topological polar surface area (TPSA) is 71.4 Å². The molecule has 3 rings (SSSR count). The van der Waals surface area contributed by atoms with Crippen molar-refractivity contribution in [1.82, 2.24) is 14.2 Å². The summed E-state index contributed by atoms with van der Waals surface area (Å²) in [4.78, 5) is 12.3. The van der Waals surface area contributed by atoms with Crippen molar-refractivity contribution in [3.05, 3.63) is 30.5 Å². The number of aromatic nitrogens is 1. The third-order valence-electron chi connectivity index (χ3n) is 5.13. The van der Waals surface area contributed by atoms with Crippen molar-refractivity contribution in [2.75, 3.05) is 19.6 Å². The van der Waals surface area contributed by atoms with Crippen LogP contribution >= 0.6 is 0 Å². The van der Waals surface area contributed by atoms with Gasteiger partial charge in [0, 0.05) is 49.7 Å². The number of aryl methyl sites for hydroxylation is 1. The zero-order valence-electron chi connectivity index (χ0n) is 16.0. The molecule has 0 bridgehead atoms. The molecule has 1 aliphatic rings. The van der Waals surface area contributed by atoms with Crippen LogP contribution in [0.25, 0.3) is 10.9 Å². The van der Waals surface area contributed by atoms with Gasteiger partial charge in [-0.1, -0.05) is 19.8 Å². The van der Waals surface area contributed by atoms with E-state index in [2.05, 4.69) is 12.2 Å². The van der Waals surface area contributed by atoms with E-state index in [1.165, 1.54) is 0 Å². The van der Waals surface area contributed by atoms with Gasteiger partial charge in [-0.05, 0) is 43.5 Å². The number of hydrogen-bond donors (Lipinski definition) is 1. The van der Waals surface area contributed by atoms with Crippen molar-refractivity contribution in [2.45, 2.75) is 56.9 Å². The van der Waals surface area contributed by atoms with Crippen molar-refractivity contribution >= 4 is 26.8 Å². The molecule has 1 amide bonds. The number of amides is 1. The SMILES string of the molecule is CCCCNC(=O)CCn1ccc2cc(S(=O)(=O)N3CCCCC3)ccc21. The number of carbonyl (C=O) groups is 1. The quantitative estimate of drug-likeness (QED) is 0.703. The highest BCUT2D eigenvalue weighted by molar-refractivity contribution is 7.89. The Morgan fingerprint density at radius 3 is 2.67 bits per heavy atom. The molecule has 0 spiro atoms. The van der Waals surface area contributed by atoms with E-state index in [0.29, 0.717) is 31.0 Å². The van der Waals surface area contributed by atoms with E-state index in [-0.39, 0.29) is 5.91 Å². The van der Waals surface area contributed by atoms with Crippen LogP contribution in [0.1, 0.15) is 45.4 Å². The van der Waals surface area contributed by atoms with Gasteiger partial charge in [0.05, 0.1) is 4.90 Å². The summed E-state index contributed by atoms with van der Waals surface area (Å²) in [5.41, 5.74) is 0.953. The highest BCUT2D eigenvalue weighted by Gasteiger charge is 2.26. The Kier molecular flexibility index (Phi) is 6.55. The molecule has 1 aromatic heterocycles. The molecule has 1 aliphatic heterocycles. The number of fused-ring (bicyclic) bond motifs is 1. The van der Waals surface area contributed by atoms with Gasteiger partial charge in [0.15, 0.2) is 0 Å². The first kappa shape index (κ1) is 19.9. The number of unbranched alkanes of at least 4 members (excludes halogenated alkanes) is 1. The van der Waals surface area contributed by atoms with Crippen LogP contribution in [0.2, 0.25) is 0 Å². The van der Waals surface area contributed by atoms with E-state index in [1.54, 1.807) is 16.4 Å². The number of benzene rings is 1. The highest BCUT2D eigenvalue weighted by Crippen LogP contribution is 2.25. The maximum atomic E-state index is 12.8. The molecule has 1 aromatic carbocycles. The first-order valence-electron chi connectivity index (χ1n) is 9.88. The van der Waals surface area contributed by atoms with E-state index < -0.39 is 10.0 Å². The molecule has 6 nitrogen and oxygen atoms in total. The zero-order valence-corrected chi connectivity index (χ0v) is 16.8. The summed E-state index contributed by atoms with van der Waals surface area (Å²) in [6.07, 6.45) is 7.34. The maximum absolute atomic E-state index is 12.8. The van der Waals surface area contributed by atoms with Crippen LogP contribution in [-0.2, 0) is 21.4 Å². The van der Waals surface area contributed by atoms with Crippen LogP contribution in [0, 0.1) is 0 Å². The summed E-state index contributed by atoms with van der Waals surface area (Å²) >= 11 is 0. The normalized spacial score (nSPS) is 15.9. The molecule has 0 atom stereocenters. The van der Waals surface area contributed by atoms with Gasteiger partial charge in [0.1, 0.15) is 0 Å². The highest BCUT2D eigenvalue weighted by atomic mass is 32.2. The molecule has 0 saturated carbocycles. The molecule has 0 radical (unpaired) electrons. The van der Waals surface area contributed by atoms with E-state index in [4.69, 9.17) is 0 Å². The van der Waals surface area contributed by atoms with Gasteiger partial charge in [-0.25, -0.2) is 8.42 Å². The summed E-state index contributed by atoms with van der Waals surface area (Å²) in [6, 6.07) is 7.20. The van der Waals surface area contributed by atoms with Crippen molar-refractivity contribution in [3.63, 3.8) is 0 Å². The Morgan fingerprint density at radius 2 is 1.93 bits per heavy atom. The Labute approximate surface area is 161 Å². The monoisotopic (exact) mass is 391 g/mol. The molecule has 148 valence electrons. The number of piperidine rings is 1. The molecule has 2 heterocycles. The average molecular weight is 392 g/mol. The van der Waals surface area contributed by atoms with Crippen molar-refractivity contribution < 1.29 is 13.2 Å². The van der Waals surface area contributed by atoms with Gasteiger partial charge in [-0.3, -0.25) is 4.79 Å². The van der Waals surface area contributed by atoms with Crippen LogP contribution in [0.5, 0.6) is 0 Å². The molecular weight excluding hydrogens is 362 g/mol. The van der Waals surface area contributed by atoms with E-state index in [0.717, 1.165) is 49.6 Å². The molecule has 1 saturated heterocycles. The lowest BCUT2D eigenvalue weighted by Crippen LogP contribution is -2.35. The Hall–Kier alpha value is -1.86. The minimum atomic E-state index is -3.42. The minimum absolute atomic E-state index is 0.0506. The number of nitrogens with one attached hydrogen (secondary N) is 1. The van der Waals surface area contributed by atoms with Crippen molar-refractivity contribution in [1.29, 1.82) is 0 Å². The van der Waals surface area contributed by atoms with E-state index >= 15 is 0 Å². The Balaban J connectivity index is 1.70. The second kappa shape index (κ2) is 8.89. The standard InChI is InChI=1S/C20H29N3O3S/c1-2-3-11-21-20(24)10-15-22-14-9-17-16-18(7-8-19(17)22)27(25,26)23-12-5-4-6-13-23/h7-9,14,16H,2-6,10-13,15H2,1H3,(H,21,24). The average Bonchev–Trinajstić information content (AvgIpc) is 3.09. The predicted octanol–water partition coefficient (Wildman–Crippen LogP) is 3.12. The molecule has 2 aromatic rings. The summed E-state index contributed by atoms with van der Waals surface area (Å²) in [5, 5.41) is 3.81. The number of hydrogen-bond acceptors (Lipinski definition) is 3. The Morgan fingerprint density at radius 1 is 1.15 bits per heavy atom. The van der Waals surface area contributed by atoms with Gasteiger partial charge < -0.3 is 9.88 Å². The van der Waals surface area contributed by atoms with E-state index in [9.17, 15) is 13.2 Å². The molecule has 0 unspecified atom stereocenters. The van der Waals surface area contributed by atoms with Crippen LogP contribution in [0.15, 0.2) is 35.4 Å². The first-order chi connectivity index (χ1) is 13.0. The second-order valence-corrected chi connectivity index (χ2v) is 9.09. The summed E-state index contributed by atoms with van der Waals surface area (Å²) in [5.74, 6) is 0.0506. The summed E-state index contributed by atoms with van der Waals surface area (Å²) in [6.45, 7) is 4.61. The second-order valence-electron chi connectivity index (χ2n) is 7.15. The molecular formula is C20H29N3O3S. The zero-order chi connectivity index (χ0) is 19.3. The molecule has 27 heavy (non-hydrogen) atoms. The lowest BCUT2D eigenvalue weighted by Gasteiger charge is -2.25. The Bertz CT molecular complexity index is 883. The van der Waals surface area contributed by atoms with Crippen LogP contribution in [0.4, 0.5) is 0 Å². The fraction of sp³-hybridized carbons (Fsp3) is 0.550. The van der Waals surface area contributed by atoms with Crippen molar-refractivity contribution in [3.8, 4) is 0 Å². The number of rotatable bonds is 8. The van der Waals surface area contributed by atoms with E-state index in [1.807, 2.05) is 22.9 Å². The number of carbonyl (C=O) groups excluding carboxylic acids is 1. The molecule has 0 aliphatic carbocycles. The summed E-state index contributed by atoms with van der Waals surface area (Å²) in [7, 11) is -3.42. The predicted molar refractivity (Wildman–Crippen MR) is 107 cm³/mol. The van der Waals surface area contributed by atoms with Gasteiger partial charge in [-0.2, -0.15) is 4.31 Å². The smallest absolute Gasteiger partial charge is 0.243 e. The molecule has 7 heteroatoms. The van der Waals surface area contributed by atoms with Gasteiger partial charge in [0.2, 0.25) is 15.9 Å². The minimum Gasteiger partial charge on any atom is -0.356 e. The van der Waals surface area contributed by atoms with Crippen LogP contribution < -0.4 is 5.32 Å². The lowest BCUT2D eigenvalue weighted by molar-refractivity contribution is -0.121. The maximum Gasteiger partial charge on any atom is 0.243 e. The van der Waals surface area contributed by atoms with Crippen LogP contribution in [-0.4, -0.2) is 42.8 Å². The third-order valence-corrected chi connectivity index (χ3v) is 7.02.